The van der Waals surface area contributed by atoms with Gasteiger partial charge in [0, 0.05) is 6.20 Å². The SMILES string of the molecule is COC(=O)c1cc(C2(C)SC(=NC(C)c3ccccc3C(F)(F)F)NC2=O)ccn1. The first-order chi connectivity index (χ1) is 14.1. The first-order valence-electron chi connectivity index (χ1n) is 8.85. The molecule has 6 nitrogen and oxygen atoms in total. The van der Waals surface area contributed by atoms with E-state index in [0.717, 1.165) is 17.8 Å². The molecule has 0 saturated carbocycles. The zero-order chi connectivity index (χ0) is 22.1. The highest BCUT2D eigenvalue weighted by Gasteiger charge is 2.45. The monoisotopic (exact) mass is 437 g/mol. The summed E-state index contributed by atoms with van der Waals surface area (Å²) in [7, 11) is 1.22. The van der Waals surface area contributed by atoms with Crippen LogP contribution in [-0.4, -0.2) is 29.1 Å². The van der Waals surface area contributed by atoms with Gasteiger partial charge < -0.3 is 10.1 Å². The molecule has 0 spiro atoms. The Hall–Kier alpha value is -2.88. The maximum Gasteiger partial charge on any atom is 0.416 e. The van der Waals surface area contributed by atoms with Crippen molar-refractivity contribution in [3.8, 4) is 0 Å². The van der Waals surface area contributed by atoms with Gasteiger partial charge in [0.15, 0.2) is 5.17 Å². The summed E-state index contributed by atoms with van der Waals surface area (Å²) in [4.78, 5) is 32.6. The summed E-state index contributed by atoms with van der Waals surface area (Å²) in [6.45, 7) is 3.17. The lowest BCUT2D eigenvalue weighted by Gasteiger charge is -2.19. The fraction of sp³-hybridized carbons (Fsp3) is 0.300. The number of carbonyl (C=O) groups excluding carboxylic acids is 2. The topological polar surface area (TPSA) is 80.6 Å². The molecule has 1 saturated heterocycles. The van der Waals surface area contributed by atoms with Crippen LogP contribution < -0.4 is 5.32 Å². The average Bonchev–Trinajstić information content (AvgIpc) is 3.01. The zero-order valence-electron chi connectivity index (χ0n) is 16.3. The van der Waals surface area contributed by atoms with Crippen LogP contribution in [0.25, 0.3) is 0 Å². The summed E-state index contributed by atoms with van der Waals surface area (Å²) in [5.41, 5.74) is -0.218. The Morgan fingerprint density at radius 3 is 2.67 bits per heavy atom. The van der Waals surface area contributed by atoms with Crippen molar-refractivity contribution in [3.63, 3.8) is 0 Å². The van der Waals surface area contributed by atoms with E-state index >= 15 is 0 Å². The van der Waals surface area contributed by atoms with E-state index in [-0.39, 0.29) is 16.4 Å². The van der Waals surface area contributed by atoms with E-state index in [0.29, 0.717) is 5.56 Å². The molecule has 1 aliphatic rings. The number of alkyl halides is 3. The van der Waals surface area contributed by atoms with Gasteiger partial charge in [0.05, 0.1) is 18.7 Å². The summed E-state index contributed by atoms with van der Waals surface area (Å²) in [5, 5.41) is 2.82. The van der Waals surface area contributed by atoms with Gasteiger partial charge in [-0.1, -0.05) is 30.0 Å². The number of esters is 1. The predicted molar refractivity (Wildman–Crippen MR) is 106 cm³/mol. The molecular weight excluding hydrogens is 419 g/mol. The molecule has 2 heterocycles. The minimum absolute atomic E-state index is 0.0119. The predicted octanol–water partition coefficient (Wildman–Crippen LogP) is 4.08. The Labute approximate surface area is 174 Å². The van der Waals surface area contributed by atoms with Crippen LogP contribution in [0.15, 0.2) is 47.6 Å². The summed E-state index contributed by atoms with van der Waals surface area (Å²) in [6, 6.07) is 7.39. The third-order valence-electron chi connectivity index (χ3n) is 4.69. The van der Waals surface area contributed by atoms with Crippen molar-refractivity contribution >= 4 is 28.8 Å². The number of thioether (sulfide) groups is 1. The van der Waals surface area contributed by atoms with Gasteiger partial charge in [-0.3, -0.25) is 9.79 Å². The quantitative estimate of drug-likeness (QED) is 0.729. The lowest BCUT2D eigenvalue weighted by atomic mass is 9.99. The molecule has 0 aliphatic carbocycles. The van der Waals surface area contributed by atoms with Crippen molar-refractivity contribution in [3.05, 3.63) is 65.0 Å². The molecule has 0 bridgehead atoms. The number of carbonyl (C=O) groups is 2. The van der Waals surface area contributed by atoms with Gasteiger partial charge in [-0.25, -0.2) is 9.78 Å². The van der Waals surface area contributed by atoms with Gasteiger partial charge in [-0.05, 0) is 43.2 Å². The minimum atomic E-state index is -4.51. The standard InChI is InChI=1S/C20H18F3N3O3S/c1-11(13-6-4-5-7-14(13)20(21,22)23)25-18-26-17(28)19(2,30-18)12-8-9-24-15(10-12)16(27)29-3/h4-11H,1-3H3,(H,25,26,28). The van der Waals surface area contributed by atoms with Crippen LogP contribution in [0.3, 0.4) is 0 Å². The number of rotatable bonds is 4. The Kier molecular flexibility index (Phi) is 5.89. The van der Waals surface area contributed by atoms with Gasteiger partial charge >= 0.3 is 12.1 Å². The fourth-order valence-electron chi connectivity index (χ4n) is 3.04. The largest absolute Gasteiger partial charge is 0.464 e. The number of ether oxygens (including phenoxy) is 1. The van der Waals surface area contributed by atoms with Gasteiger partial charge in [0.1, 0.15) is 10.4 Å². The first-order valence-corrected chi connectivity index (χ1v) is 9.67. The molecule has 158 valence electrons. The van der Waals surface area contributed by atoms with Crippen LogP contribution in [-0.2, 0) is 20.5 Å². The average molecular weight is 437 g/mol. The molecule has 2 unspecified atom stereocenters. The van der Waals surface area contributed by atoms with E-state index in [1.807, 2.05) is 0 Å². The summed E-state index contributed by atoms with van der Waals surface area (Å²) >= 11 is 1.07. The summed E-state index contributed by atoms with van der Waals surface area (Å²) in [6.07, 6.45) is -3.12. The molecule has 1 N–H and O–H groups in total. The van der Waals surface area contributed by atoms with Crippen LogP contribution >= 0.6 is 11.8 Å². The molecule has 2 atom stereocenters. The number of nitrogens with zero attached hydrogens (tertiary/aromatic N) is 2. The van der Waals surface area contributed by atoms with Crippen molar-refractivity contribution in [1.29, 1.82) is 0 Å². The lowest BCUT2D eigenvalue weighted by Crippen LogP contribution is -2.32. The highest BCUT2D eigenvalue weighted by Crippen LogP contribution is 2.42. The van der Waals surface area contributed by atoms with Crippen LogP contribution in [0.1, 0.15) is 47.1 Å². The molecule has 3 rings (SSSR count). The van der Waals surface area contributed by atoms with E-state index in [2.05, 4.69) is 20.0 Å². The Bertz CT molecular complexity index is 1030. The van der Waals surface area contributed by atoms with Crippen molar-refractivity contribution in [2.45, 2.75) is 30.8 Å². The van der Waals surface area contributed by atoms with Gasteiger partial charge in [0.2, 0.25) is 5.91 Å². The van der Waals surface area contributed by atoms with Crippen LogP contribution in [0, 0.1) is 0 Å². The van der Waals surface area contributed by atoms with Crippen molar-refractivity contribution in [1.82, 2.24) is 10.3 Å². The number of hydrogen-bond donors (Lipinski definition) is 1. The third kappa shape index (κ3) is 4.18. The van der Waals surface area contributed by atoms with E-state index < -0.39 is 34.4 Å². The Morgan fingerprint density at radius 1 is 1.30 bits per heavy atom. The Morgan fingerprint density at radius 2 is 2.00 bits per heavy atom. The normalized spacial score (nSPS) is 21.4. The molecule has 1 amide bonds. The number of methoxy groups -OCH3 is 1. The smallest absolute Gasteiger partial charge is 0.416 e. The van der Waals surface area contributed by atoms with Gasteiger partial charge in [-0.2, -0.15) is 13.2 Å². The number of nitrogens with one attached hydrogen (secondary N) is 1. The van der Waals surface area contributed by atoms with Crippen molar-refractivity contribution in [2.75, 3.05) is 7.11 Å². The number of benzene rings is 1. The number of aromatic nitrogens is 1. The molecule has 10 heteroatoms. The molecule has 1 aliphatic heterocycles. The highest BCUT2D eigenvalue weighted by atomic mass is 32.2. The maximum absolute atomic E-state index is 13.3. The van der Waals surface area contributed by atoms with E-state index in [4.69, 9.17) is 0 Å². The number of amidine groups is 1. The molecule has 0 radical (unpaired) electrons. The van der Waals surface area contributed by atoms with E-state index in [1.54, 1.807) is 13.0 Å². The number of amides is 1. The second-order valence-electron chi connectivity index (χ2n) is 6.71. The molecule has 30 heavy (non-hydrogen) atoms. The number of halogens is 3. The van der Waals surface area contributed by atoms with E-state index in [1.165, 1.54) is 44.5 Å². The van der Waals surface area contributed by atoms with Crippen LogP contribution in [0.2, 0.25) is 0 Å². The second-order valence-corrected chi connectivity index (χ2v) is 8.11. The number of hydrogen-bond acceptors (Lipinski definition) is 6. The van der Waals surface area contributed by atoms with Crippen molar-refractivity contribution in [2.24, 2.45) is 4.99 Å². The zero-order valence-corrected chi connectivity index (χ0v) is 17.1. The van der Waals surface area contributed by atoms with E-state index in [9.17, 15) is 22.8 Å². The molecule has 1 aromatic carbocycles. The summed E-state index contributed by atoms with van der Waals surface area (Å²) < 4.78 is 43.4. The molecule has 1 aromatic heterocycles. The maximum atomic E-state index is 13.3. The van der Waals surface area contributed by atoms with Crippen molar-refractivity contribution < 1.29 is 27.5 Å². The van der Waals surface area contributed by atoms with Gasteiger partial charge in [-0.15, -0.1) is 0 Å². The second kappa shape index (κ2) is 8.10. The molecule has 1 fully saturated rings. The minimum Gasteiger partial charge on any atom is -0.464 e. The molecular formula is C20H18F3N3O3S. The number of aliphatic imine (C=N–C) groups is 1. The fourth-order valence-corrected chi connectivity index (χ4v) is 4.17. The van der Waals surface area contributed by atoms with Crippen LogP contribution in [0.4, 0.5) is 13.2 Å². The number of pyridine rings is 1. The van der Waals surface area contributed by atoms with Crippen LogP contribution in [0.5, 0.6) is 0 Å². The lowest BCUT2D eigenvalue weighted by molar-refractivity contribution is -0.138. The Balaban J connectivity index is 1.91. The first kappa shape index (κ1) is 21.8. The van der Waals surface area contributed by atoms with Gasteiger partial charge in [0.25, 0.3) is 0 Å². The summed E-state index contributed by atoms with van der Waals surface area (Å²) in [5.74, 6) is -1.04. The third-order valence-corrected chi connectivity index (χ3v) is 5.92. The molecule has 2 aromatic rings. The highest BCUT2D eigenvalue weighted by molar-refractivity contribution is 8.15.